The van der Waals surface area contributed by atoms with Gasteiger partial charge in [-0.2, -0.15) is 0 Å². The van der Waals surface area contributed by atoms with E-state index in [4.69, 9.17) is 10.5 Å². The zero-order valence-corrected chi connectivity index (χ0v) is 12.3. The molecule has 21 heavy (non-hydrogen) atoms. The Morgan fingerprint density at radius 1 is 1.33 bits per heavy atom. The van der Waals surface area contributed by atoms with Crippen molar-refractivity contribution in [2.75, 3.05) is 5.32 Å². The summed E-state index contributed by atoms with van der Waals surface area (Å²) in [5, 5.41) is 5.31. The molecule has 2 rings (SSSR count). The Morgan fingerprint density at radius 2 is 2.05 bits per heavy atom. The number of aromatic nitrogens is 1. The molecule has 2 amide bonds. The molecule has 0 atom stereocenters. The van der Waals surface area contributed by atoms with Crippen LogP contribution in [0.3, 0.4) is 0 Å². The van der Waals surface area contributed by atoms with E-state index in [9.17, 15) is 9.59 Å². The summed E-state index contributed by atoms with van der Waals surface area (Å²) in [5.41, 5.74) is 6.67. The van der Waals surface area contributed by atoms with E-state index in [1.54, 1.807) is 35.6 Å². The van der Waals surface area contributed by atoms with Crippen molar-refractivity contribution < 1.29 is 14.3 Å². The predicted octanol–water partition coefficient (Wildman–Crippen LogP) is 2.55. The number of nitrogens with zero attached hydrogens (tertiary/aromatic N) is 1. The third kappa shape index (κ3) is 4.28. The summed E-state index contributed by atoms with van der Waals surface area (Å²) in [7, 11) is 0. The summed E-state index contributed by atoms with van der Waals surface area (Å²) in [4.78, 5) is 26.9. The van der Waals surface area contributed by atoms with Gasteiger partial charge in [0.1, 0.15) is 6.61 Å². The van der Waals surface area contributed by atoms with Crippen LogP contribution >= 0.6 is 11.3 Å². The first-order valence-corrected chi connectivity index (χ1v) is 7.23. The summed E-state index contributed by atoms with van der Waals surface area (Å²) in [6.07, 6.45) is 0.868. The Kier molecular flexibility index (Phi) is 4.89. The van der Waals surface area contributed by atoms with E-state index in [2.05, 4.69) is 10.3 Å². The Labute approximate surface area is 125 Å². The van der Waals surface area contributed by atoms with Gasteiger partial charge in [0.2, 0.25) is 0 Å². The van der Waals surface area contributed by atoms with Gasteiger partial charge in [0.15, 0.2) is 0 Å². The van der Waals surface area contributed by atoms with E-state index in [-0.39, 0.29) is 6.61 Å². The molecular formula is C14H15N3O3S. The molecular weight excluding hydrogens is 290 g/mol. The smallest absolute Gasteiger partial charge is 0.338 e. The van der Waals surface area contributed by atoms with Crippen molar-refractivity contribution in [1.82, 2.24) is 4.98 Å². The number of benzene rings is 1. The Morgan fingerprint density at radius 3 is 2.62 bits per heavy atom. The second-order valence-electron chi connectivity index (χ2n) is 4.23. The van der Waals surface area contributed by atoms with Crippen LogP contribution in [0.15, 0.2) is 29.6 Å². The zero-order valence-electron chi connectivity index (χ0n) is 11.5. The van der Waals surface area contributed by atoms with Gasteiger partial charge < -0.3 is 15.8 Å². The first kappa shape index (κ1) is 15.0. The molecule has 0 spiro atoms. The van der Waals surface area contributed by atoms with E-state index < -0.39 is 12.0 Å². The number of ether oxygens (including phenoxy) is 1. The first-order chi connectivity index (χ1) is 10.1. The van der Waals surface area contributed by atoms with Crippen molar-refractivity contribution in [3.05, 3.63) is 45.9 Å². The maximum atomic E-state index is 11.9. The van der Waals surface area contributed by atoms with E-state index in [0.717, 1.165) is 17.1 Å². The maximum Gasteiger partial charge on any atom is 0.338 e. The van der Waals surface area contributed by atoms with Gasteiger partial charge in [-0.05, 0) is 30.7 Å². The molecule has 0 aliphatic rings. The molecule has 1 aromatic carbocycles. The van der Waals surface area contributed by atoms with Crippen molar-refractivity contribution in [2.45, 2.75) is 20.0 Å². The number of rotatable bonds is 5. The van der Waals surface area contributed by atoms with Crippen LogP contribution in [-0.2, 0) is 17.8 Å². The fourth-order valence-electron chi connectivity index (χ4n) is 1.63. The molecule has 0 aliphatic heterocycles. The highest BCUT2D eigenvalue weighted by molar-refractivity contribution is 7.09. The van der Waals surface area contributed by atoms with Crippen molar-refractivity contribution >= 4 is 29.0 Å². The van der Waals surface area contributed by atoms with Crippen LogP contribution in [0, 0.1) is 0 Å². The average molecular weight is 305 g/mol. The van der Waals surface area contributed by atoms with Crippen molar-refractivity contribution in [3.8, 4) is 0 Å². The topological polar surface area (TPSA) is 94.3 Å². The Balaban J connectivity index is 1.92. The standard InChI is InChI=1S/C14H15N3O3S/c1-2-12-16-11(8-21-12)7-20-13(18)9-3-5-10(6-4-9)17-14(15)19/h3-6,8H,2,7H2,1H3,(H3,15,17,19). The van der Waals surface area contributed by atoms with Crippen LogP contribution in [0.4, 0.5) is 10.5 Å². The van der Waals surface area contributed by atoms with Crippen LogP contribution in [-0.4, -0.2) is 17.0 Å². The SMILES string of the molecule is CCc1nc(COC(=O)c2ccc(NC(N)=O)cc2)cs1. The highest BCUT2D eigenvalue weighted by Gasteiger charge is 2.09. The van der Waals surface area contributed by atoms with Gasteiger partial charge in [0.25, 0.3) is 0 Å². The Bertz CT molecular complexity index is 637. The van der Waals surface area contributed by atoms with E-state index in [1.807, 2.05) is 12.3 Å². The lowest BCUT2D eigenvalue weighted by Gasteiger charge is -2.05. The average Bonchev–Trinajstić information content (AvgIpc) is 2.93. The lowest BCUT2D eigenvalue weighted by atomic mass is 10.2. The van der Waals surface area contributed by atoms with E-state index in [1.165, 1.54) is 0 Å². The molecule has 0 fully saturated rings. The van der Waals surface area contributed by atoms with Gasteiger partial charge in [-0.1, -0.05) is 6.92 Å². The lowest BCUT2D eigenvalue weighted by molar-refractivity contribution is 0.0468. The number of carbonyl (C=O) groups is 2. The number of nitrogens with two attached hydrogens (primary N) is 1. The number of hydrogen-bond acceptors (Lipinski definition) is 5. The fourth-order valence-corrected chi connectivity index (χ4v) is 2.36. The van der Waals surface area contributed by atoms with Crippen molar-refractivity contribution in [2.24, 2.45) is 5.73 Å². The number of anilines is 1. The summed E-state index contributed by atoms with van der Waals surface area (Å²) in [6.45, 7) is 2.17. The quantitative estimate of drug-likeness (QED) is 0.830. The monoisotopic (exact) mass is 305 g/mol. The summed E-state index contributed by atoms with van der Waals surface area (Å²) < 4.78 is 5.19. The number of nitrogens with one attached hydrogen (secondary N) is 1. The van der Waals surface area contributed by atoms with Gasteiger partial charge in [0.05, 0.1) is 16.3 Å². The van der Waals surface area contributed by atoms with Crippen LogP contribution in [0.5, 0.6) is 0 Å². The largest absolute Gasteiger partial charge is 0.456 e. The molecule has 0 saturated carbocycles. The number of esters is 1. The van der Waals surface area contributed by atoms with Crippen LogP contribution in [0.2, 0.25) is 0 Å². The normalized spacial score (nSPS) is 10.1. The molecule has 0 bridgehead atoms. The number of primary amides is 1. The lowest BCUT2D eigenvalue weighted by Crippen LogP contribution is -2.19. The molecule has 2 aromatic rings. The Hall–Kier alpha value is -2.41. The minimum Gasteiger partial charge on any atom is -0.456 e. The van der Waals surface area contributed by atoms with E-state index in [0.29, 0.717) is 11.3 Å². The highest BCUT2D eigenvalue weighted by atomic mass is 32.1. The van der Waals surface area contributed by atoms with Crippen LogP contribution in [0.25, 0.3) is 0 Å². The maximum absolute atomic E-state index is 11.9. The van der Waals surface area contributed by atoms with Gasteiger partial charge in [-0.3, -0.25) is 0 Å². The van der Waals surface area contributed by atoms with Gasteiger partial charge in [-0.15, -0.1) is 11.3 Å². The number of urea groups is 1. The van der Waals surface area contributed by atoms with Gasteiger partial charge in [0, 0.05) is 11.1 Å². The molecule has 7 heteroatoms. The minimum absolute atomic E-state index is 0.149. The third-order valence-electron chi connectivity index (χ3n) is 2.64. The van der Waals surface area contributed by atoms with Gasteiger partial charge >= 0.3 is 12.0 Å². The zero-order chi connectivity index (χ0) is 15.2. The molecule has 6 nitrogen and oxygen atoms in total. The number of amides is 2. The van der Waals surface area contributed by atoms with Crippen LogP contribution < -0.4 is 11.1 Å². The molecule has 1 aromatic heterocycles. The van der Waals surface area contributed by atoms with Crippen molar-refractivity contribution in [3.63, 3.8) is 0 Å². The molecule has 0 aliphatic carbocycles. The third-order valence-corrected chi connectivity index (χ3v) is 3.68. The van der Waals surface area contributed by atoms with E-state index >= 15 is 0 Å². The van der Waals surface area contributed by atoms with Crippen LogP contribution in [0.1, 0.15) is 28.0 Å². The van der Waals surface area contributed by atoms with Crippen molar-refractivity contribution in [1.29, 1.82) is 0 Å². The second-order valence-corrected chi connectivity index (χ2v) is 5.17. The number of thiazole rings is 1. The molecule has 110 valence electrons. The molecule has 1 heterocycles. The number of aryl methyl sites for hydroxylation is 1. The number of carbonyl (C=O) groups excluding carboxylic acids is 2. The first-order valence-electron chi connectivity index (χ1n) is 6.35. The molecule has 0 unspecified atom stereocenters. The fraction of sp³-hybridized carbons (Fsp3) is 0.214. The second kappa shape index (κ2) is 6.85. The summed E-state index contributed by atoms with van der Waals surface area (Å²) in [5.74, 6) is -0.438. The van der Waals surface area contributed by atoms with Gasteiger partial charge in [-0.25, -0.2) is 14.6 Å². The molecule has 3 N–H and O–H groups in total. The highest BCUT2D eigenvalue weighted by Crippen LogP contribution is 2.13. The number of hydrogen-bond donors (Lipinski definition) is 2. The predicted molar refractivity (Wildman–Crippen MR) is 80.3 cm³/mol. The summed E-state index contributed by atoms with van der Waals surface area (Å²) in [6, 6.07) is 5.64. The minimum atomic E-state index is -0.652. The molecule has 0 saturated heterocycles. The summed E-state index contributed by atoms with van der Waals surface area (Å²) >= 11 is 1.55. The molecule has 0 radical (unpaired) electrons.